The van der Waals surface area contributed by atoms with Crippen LogP contribution in [0.25, 0.3) is 10.4 Å². The van der Waals surface area contributed by atoms with Crippen LogP contribution >= 0.6 is 22.6 Å². The number of azide groups is 1. The van der Waals surface area contributed by atoms with Crippen LogP contribution in [0.4, 0.5) is 10.5 Å². The topological polar surface area (TPSA) is 81.5 Å². The molecule has 1 amide bonds. The van der Waals surface area contributed by atoms with Gasteiger partial charge in [-0.15, -0.1) is 0 Å². The van der Waals surface area contributed by atoms with Crippen LogP contribution in [0.1, 0.15) is 31.9 Å². The van der Waals surface area contributed by atoms with Gasteiger partial charge < -0.3 is 9.64 Å². The molecule has 1 aromatic rings. The number of carbonyl (C=O) groups excluding carboxylic acids is 1. The van der Waals surface area contributed by atoms with Crippen molar-refractivity contribution in [3.8, 4) is 0 Å². The van der Waals surface area contributed by atoms with Gasteiger partial charge in [-0.25, -0.2) is 4.79 Å². The number of benzene rings is 1. The van der Waals surface area contributed by atoms with Gasteiger partial charge in [0, 0.05) is 46.9 Å². The summed E-state index contributed by atoms with van der Waals surface area (Å²) in [5.74, 6) is 0. The summed E-state index contributed by atoms with van der Waals surface area (Å²) in [5.41, 5.74) is 11.2. The van der Waals surface area contributed by atoms with Crippen molar-refractivity contribution in [1.29, 1.82) is 0 Å². The molecule has 2 rings (SSSR count). The molecule has 8 heteroatoms. The van der Waals surface area contributed by atoms with Crippen LogP contribution in [0.2, 0.25) is 0 Å². The molecule has 0 atom stereocenters. The summed E-state index contributed by atoms with van der Waals surface area (Å²) in [4.78, 5) is 19.1. The molecule has 0 saturated carbocycles. The molecule has 1 aromatic carbocycles. The van der Waals surface area contributed by atoms with Gasteiger partial charge in [0.15, 0.2) is 0 Å². The minimum Gasteiger partial charge on any atom is -0.444 e. The fraction of sp³-hybridized carbons (Fsp3) is 0.588. The molecule has 0 aromatic heterocycles. The molecule has 0 bridgehead atoms. The lowest BCUT2D eigenvalue weighted by Gasteiger charge is -2.35. The van der Waals surface area contributed by atoms with E-state index in [1.807, 2.05) is 32.9 Å². The normalized spacial score (nSPS) is 15.6. The van der Waals surface area contributed by atoms with E-state index in [4.69, 9.17) is 10.3 Å². The molecule has 1 aliphatic rings. The van der Waals surface area contributed by atoms with Gasteiger partial charge in [-0.2, -0.15) is 0 Å². The molecular formula is C17H24IN5O2. The van der Waals surface area contributed by atoms with Crippen LogP contribution in [0.5, 0.6) is 0 Å². The fourth-order valence-corrected chi connectivity index (χ4v) is 3.31. The maximum absolute atomic E-state index is 12.1. The lowest BCUT2D eigenvalue weighted by atomic mass is 10.1. The highest BCUT2D eigenvalue weighted by Gasteiger charge is 2.26. The van der Waals surface area contributed by atoms with Crippen LogP contribution < -0.4 is 0 Å². The Kier molecular flexibility index (Phi) is 6.53. The van der Waals surface area contributed by atoms with Crippen molar-refractivity contribution in [3.63, 3.8) is 0 Å². The summed E-state index contributed by atoms with van der Waals surface area (Å²) >= 11 is 2.26. The molecule has 1 heterocycles. The highest BCUT2D eigenvalue weighted by atomic mass is 127. The van der Waals surface area contributed by atoms with E-state index >= 15 is 0 Å². The number of piperazine rings is 1. The predicted molar refractivity (Wildman–Crippen MR) is 106 cm³/mol. The molecule has 7 nitrogen and oxygen atoms in total. The Labute approximate surface area is 162 Å². The van der Waals surface area contributed by atoms with E-state index in [0.29, 0.717) is 18.8 Å². The third-order valence-corrected chi connectivity index (χ3v) is 5.14. The molecule has 25 heavy (non-hydrogen) atoms. The van der Waals surface area contributed by atoms with Gasteiger partial charge in [-0.1, -0.05) is 5.11 Å². The first-order valence-corrected chi connectivity index (χ1v) is 9.32. The van der Waals surface area contributed by atoms with E-state index < -0.39 is 5.60 Å². The van der Waals surface area contributed by atoms with Crippen LogP contribution in [-0.2, 0) is 11.3 Å². The Hall–Kier alpha value is -1.51. The molecular weight excluding hydrogens is 433 g/mol. The molecule has 1 fully saturated rings. The second-order valence-electron chi connectivity index (χ2n) is 7.14. The van der Waals surface area contributed by atoms with E-state index in [-0.39, 0.29) is 6.09 Å². The van der Waals surface area contributed by atoms with Gasteiger partial charge in [-0.3, -0.25) is 4.90 Å². The smallest absolute Gasteiger partial charge is 0.410 e. The van der Waals surface area contributed by atoms with Crippen molar-refractivity contribution in [3.05, 3.63) is 37.3 Å². The van der Waals surface area contributed by atoms with Crippen LogP contribution in [0.15, 0.2) is 17.2 Å². The Morgan fingerprint density at radius 1 is 1.32 bits per heavy atom. The van der Waals surface area contributed by atoms with Crippen molar-refractivity contribution >= 4 is 34.4 Å². The van der Waals surface area contributed by atoms with Crippen LogP contribution in [-0.4, -0.2) is 47.7 Å². The van der Waals surface area contributed by atoms with E-state index in [9.17, 15) is 4.79 Å². The molecule has 0 N–H and O–H groups in total. The van der Waals surface area contributed by atoms with Gasteiger partial charge in [-0.05, 0) is 79.1 Å². The second kappa shape index (κ2) is 8.25. The zero-order chi connectivity index (χ0) is 18.6. The first kappa shape index (κ1) is 19.8. The van der Waals surface area contributed by atoms with Crippen molar-refractivity contribution in [2.45, 2.75) is 39.8 Å². The molecule has 1 saturated heterocycles. The van der Waals surface area contributed by atoms with Crippen molar-refractivity contribution in [1.82, 2.24) is 9.80 Å². The average Bonchev–Trinajstić information content (AvgIpc) is 2.51. The maximum Gasteiger partial charge on any atom is 0.410 e. The summed E-state index contributed by atoms with van der Waals surface area (Å²) in [6.45, 7) is 11.4. The zero-order valence-corrected chi connectivity index (χ0v) is 17.3. The number of hydrogen-bond acceptors (Lipinski definition) is 4. The second-order valence-corrected chi connectivity index (χ2v) is 8.31. The van der Waals surface area contributed by atoms with Gasteiger partial charge in [0.1, 0.15) is 5.60 Å². The van der Waals surface area contributed by atoms with E-state index in [2.05, 4.69) is 44.4 Å². The number of rotatable bonds is 3. The number of carbonyl (C=O) groups is 1. The minimum absolute atomic E-state index is 0.247. The van der Waals surface area contributed by atoms with Gasteiger partial charge in [0.05, 0.1) is 0 Å². The first-order valence-electron chi connectivity index (χ1n) is 8.24. The standard InChI is InChI=1S/C17H24IN5O2/c1-12-13(9-14(20-21-19)10-15(12)18)11-22-5-7-23(8-6-22)16(24)25-17(2,3)4/h9-10H,5-8,11H2,1-4H3. The van der Waals surface area contributed by atoms with Gasteiger partial charge >= 0.3 is 6.09 Å². The average molecular weight is 457 g/mol. The van der Waals surface area contributed by atoms with Gasteiger partial charge in [0.25, 0.3) is 0 Å². The maximum atomic E-state index is 12.1. The number of nitrogens with zero attached hydrogens (tertiary/aromatic N) is 5. The fourth-order valence-electron chi connectivity index (χ4n) is 2.65. The summed E-state index contributed by atoms with van der Waals surface area (Å²) < 4.78 is 6.52. The number of halogens is 1. The van der Waals surface area contributed by atoms with Crippen molar-refractivity contribution < 1.29 is 9.53 Å². The minimum atomic E-state index is -0.469. The third-order valence-electron chi connectivity index (χ3n) is 4.01. The number of amides is 1. The SMILES string of the molecule is Cc1c(I)cc(N=[N+]=[N-])cc1CN1CCN(C(=O)OC(C)(C)C)CC1. The highest BCUT2D eigenvalue weighted by Crippen LogP contribution is 2.25. The van der Waals surface area contributed by atoms with Crippen molar-refractivity contribution in [2.24, 2.45) is 5.11 Å². The Bertz CT molecular complexity index is 687. The Morgan fingerprint density at radius 2 is 1.96 bits per heavy atom. The molecule has 1 aliphatic heterocycles. The summed E-state index contributed by atoms with van der Waals surface area (Å²) in [7, 11) is 0. The number of hydrogen-bond donors (Lipinski definition) is 0. The lowest BCUT2D eigenvalue weighted by Crippen LogP contribution is -2.49. The summed E-state index contributed by atoms with van der Waals surface area (Å²) in [6.07, 6.45) is -0.247. The quantitative estimate of drug-likeness (QED) is 0.288. The lowest BCUT2D eigenvalue weighted by molar-refractivity contribution is 0.0139. The van der Waals surface area contributed by atoms with E-state index in [1.54, 1.807) is 4.90 Å². The van der Waals surface area contributed by atoms with E-state index in [1.165, 1.54) is 5.56 Å². The van der Waals surface area contributed by atoms with Crippen LogP contribution in [0, 0.1) is 10.5 Å². The van der Waals surface area contributed by atoms with Crippen molar-refractivity contribution in [2.75, 3.05) is 26.2 Å². The zero-order valence-electron chi connectivity index (χ0n) is 15.1. The Balaban J connectivity index is 1.98. The molecule has 0 radical (unpaired) electrons. The Morgan fingerprint density at radius 3 is 2.52 bits per heavy atom. The monoisotopic (exact) mass is 457 g/mol. The van der Waals surface area contributed by atoms with Crippen LogP contribution in [0.3, 0.4) is 0 Å². The third kappa shape index (κ3) is 5.76. The number of ether oxygens (including phenoxy) is 1. The summed E-state index contributed by atoms with van der Waals surface area (Å²) in [6, 6.07) is 3.83. The molecule has 136 valence electrons. The summed E-state index contributed by atoms with van der Waals surface area (Å²) in [5, 5.41) is 3.72. The first-order chi connectivity index (χ1) is 11.7. The largest absolute Gasteiger partial charge is 0.444 e. The highest BCUT2D eigenvalue weighted by molar-refractivity contribution is 14.1. The molecule has 0 unspecified atom stereocenters. The predicted octanol–water partition coefficient (Wildman–Crippen LogP) is 4.59. The van der Waals surface area contributed by atoms with Gasteiger partial charge in [0.2, 0.25) is 0 Å². The van der Waals surface area contributed by atoms with E-state index in [0.717, 1.165) is 28.8 Å². The molecule has 0 spiro atoms. The molecule has 0 aliphatic carbocycles.